The summed E-state index contributed by atoms with van der Waals surface area (Å²) in [6.07, 6.45) is 2.43. The van der Waals surface area contributed by atoms with Crippen molar-refractivity contribution in [2.45, 2.75) is 0 Å². The third-order valence-electron chi connectivity index (χ3n) is 1.88. The topological polar surface area (TPSA) is 30.0 Å². The van der Waals surface area contributed by atoms with Crippen LogP contribution in [0.4, 0.5) is 4.39 Å². The molecule has 0 amide bonds. The van der Waals surface area contributed by atoms with E-state index in [1.165, 1.54) is 23.6 Å². The van der Waals surface area contributed by atoms with E-state index < -0.39 is 5.82 Å². The largest absolute Gasteiger partial charge is 0.288 e. The molecule has 2 aromatic heterocycles. The van der Waals surface area contributed by atoms with E-state index in [1.807, 2.05) is 0 Å². The minimum Gasteiger partial charge on any atom is -0.288 e. The molecule has 15 heavy (non-hydrogen) atoms. The Hall–Kier alpha value is -1.07. The maximum Gasteiger partial charge on any atom is 0.198 e. The molecule has 2 rings (SSSR count). The van der Waals surface area contributed by atoms with E-state index in [2.05, 4.69) is 20.9 Å². The maximum absolute atomic E-state index is 13.3. The average molecular weight is 286 g/mol. The van der Waals surface area contributed by atoms with Crippen LogP contribution in [0, 0.1) is 5.82 Å². The molecule has 76 valence electrons. The maximum atomic E-state index is 13.3. The second-order valence-corrected chi connectivity index (χ2v) is 4.42. The van der Waals surface area contributed by atoms with Gasteiger partial charge in [0.2, 0.25) is 0 Å². The van der Waals surface area contributed by atoms with Crippen molar-refractivity contribution in [3.63, 3.8) is 0 Å². The molecule has 0 aliphatic carbocycles. The average Bonchev–Trinajstić information content (AvgIpc) is 2.64. The van der Waals surface area contributed by atoms with Crippen molar-refractivity contribution in [3.8, 4) is 0 Å². The van der Waals surface area contributed by atoms with E-state index in [9.17, 15) is 9.18 Å². The molecule has 0 N–H and O–H groups in total. The minimum absolute atomic E-state index is 0.0455. The van der Waals surface area contributed by atoms with Crippen molar-refractivity contribution in [2.24, 2.45) is 0 Å². The first-order valence-corrected chi connectivity index (χ1v) is 5.79. The molecule has 0 radical (unpaired) electrons. The summed E-state index contributed by atoms with van der Waals surface area (Å²) in [5.74, 6) is -0.927. The quantitative estimate of drug-likeness (QED) is 0.793. The van der Waals surface area contributed by atoms with Crippen LogP contribution < -0.4 is 0 Å². The Morgan fingerprint density at radius 3 is 2.80 bits per heavy atom. The van der Waals surface area contributed by atoms with Gasteiger partial charge in [-0.25, -0.2) is 4.39 Å². The second kappa shape index (κ2) is 4.20. The minimum atomic E-state index is -0.597. The highest BCUT2D eigenvalue weighted by Crippen LogP contribution is 2.24. The summed E-state index contributed by atoms with van der Waals surface area (Å²) >= 11 is 4.63. The van der Waals surface area contributed by atoms with Crippen LogP contribution in [-0.2, 0) is 0 Å². The Morgan fingerprint density at radius 2 is 2.20 bits per heavy atom. The van der Waals surface area contributed by atoms with Crippen LogP contribution in [0.1, 0.15) is 15.9 Å². The van der Waals surface area contributed by atoms with E-state index in [1.54, 1.807) is 10.8 Å². The predicted octanol–water partition coefficient (Wildman–Crippen LogP) is 3.28. The summed E-state index contributed by atoms with van der Waals surface area (Å²) in [4.78, 5) is 15.5. The van der Waals surface area contributed by atoms with Crippen molar-refractivity contribution >= 4 is 33.0 Å². The number of pyridine rings is 1. The summed E-state index contributed by atoms with van der Waals surface area (Å²) in [5, 5.41) is 3.47. The van der Waals surface area contributed by atoms with Crippen molar-refractivity contribution in [2.75, 3.05) is 0 Å². The highest BCUT2D eigenvalue weighted by atomic mass is 79.9. The van der Waals surface area contributed by atoms with Crippen LogP contribution in [0.3, 0.4) is 0 Å². The molecule has 0 fully saturated rings. The van der Waals surface area contributed by atoms with Gasteiger partial charge in [0.05, 0.1) is 11.8 Å². The Labute approximate surface area is 97.9 Å². The Bertz CT molecular complexity index is 512. The van der Waals surface area contributed by atoms with Gasteiger partial charge in [-0.2, -0.15) is 11.3 Å². The van der Waals surface area contributed by atoms with Crippen LogP contribution in [0.2, 0.25) is 0 Å². The van der Waals surface area contributed by atoms with E-state index in [0.717, 1.165) is 6.20 Å². The third kappa shape index (κ3) is 1.98. The first kappa shape index (κ1) is 10.4. The molecule has 0 saturated heterocycles. The van der Waals surface area contributed by atoms with Crippen LogP contribution in [0.5, 0.6) is 0 Å². The van der Waals surface area contributed by atoms with Gasteiger partial charge in [0.25, 0.3) is 0 Å². The van der Waals surface area contributed by atoms with Crippen molar-refractivity contribution in [3.05, 3.63) is 50.6 Å². The molecule has 0 aromatic carbocycles. The molecule has 0 aliphatic heterocycles. The van der Waals surface area contributed by atoms with E-state index >= 15 is 0 Å². The second-order valence-electron chi connectivity index (χ2n) is 2.82. The highest BCUT2D eigenvalue weighted by molar-refractivity contribution is 9.10. The zero-order valence-corrected chi connectivity index (χ0v) is 9.81. The summed E-state index contributed by atoms with van der Waals surface area (Å²) in [6.45, 7) is 0. The fourth-order valence-electron chi connectivity index (χ4n) is 1.15. The summed E-state index contributed by atoms with van der Waals surface area (Å²) in [5.41, 5.74) is 0.522. The van der Waals surface area contributed by atoms with Gasteiger partial charge in [0.1, 0.15) is 0 Å². The zero-order chi connectivity index (χ0) is 10.8. The van der Waals surface area contributed by atoms with Crippen LogP contribution in [-0.4, -0.2) is 10.8 Å². The Balaban J connectivity index is 2.46. The van der Waals surface area contributed by atoms with Gasteiger partial charge in [-0.15, -0.1) is 0 Å². The zero-order valence-electron chi connectivity index (χ0n) is 7.41. The van der Waals surface area contributed by atoms with Crippen molar-refractivity contribution < 1.29 is 9.18 Å². The smallest absolute Gasteiger partial charge is 0.198 e. The molecule has 0 spiro atoms. The molecule has 5 heteroatoms. The number of thiophene rings is 1. The SMILES string of the molecule is O=C(c1ccncc1F)c1cscc1Br. The van der Waals surface area contributed by atoms with Gasteiger partial charge < -0.3 is 0 Å². The highest BCUT2D eigenvalue weighted by Gasteiger charge is 2.16. The number of rotatable bonds is 2. The van der Waals surface area contributed by atoms with Gasteiger partial charge in [-0.05, 0) is 22.0 Å². The molecule has 2 aromatic rings. The normalized spacial score (nSPS) is 10.3. The molecule has 2 heterocycles. The van der Waals surface area contributed by atoms with Crippen LogP contribution in [0.15, 0.2) is 33.7 Å². The lowest BCUT2D eigenvalue weighted by molar-refractivity contribution is 0.103. The monoisotopic (exact) mass is 285 g/mol. The van der Waals surface area contributed by atoms with E-state index in [4.69, 9.17) is 0 Å². The molecular weight excluding hydrogens is 281 g/mol. The first-order valence-electron chi connectivity index (χ1n) is 4.06. The van der Waals surface area contributed by atoms with Crippen LogP contribution in [0.25, 0.3) is 0 Å². The van der Waals surface area contributed by atoms with Gasteiger partial charge in [0, 0.05) is 27.0 Å². The summed E-state index contributed by atoms with van der Waals surface area (Å²) in [7, 11) is 0. The van der Waals surface area contributed by atoms with Crippen molar-refractivity contribution in [1.82, 2.24) is 4.98 Å². The number of hydrogen-bond acceptors (Lipinski definition) is 3. The molecule has 0 unspecified atom stereocenters. The lowest BCUT2D eigenvalue weighted by Gasteiger charge is -2.00. The number of ketones is 1. The fraction of sp³-hybridized carbons (Fsp3) is 0. The van der Waals surface area contributed by atoms with Gasteiger partial charge in [-0.1, -0.05) is 0 Å². The number of carbonyl (C=O) groups excluding carboxylic acids is 1. The lowest BCUT2D eigenvalue weighted by atomic mass is 10.1. The van der Waals surface area contributed by atoms with E-state index in [0.29, 0.717) is 10.0 Å². The molecular formula is C10H5BrFNOS. The number of hydrogen-bond donors (Lipinski definition) is 0. The number of nitrogens with zero attached hydrogens (tertiary/aromatic N) is 1. The van der Waals surface area contributed by atoms with Crippen molar-refractivity contribution in [1.29, 1.82) is 0 Å². The lowest BCUT2D eigenvalue weighted by Crippen LogP contribution is -2.03. The third-order valence-corrected chi connectivity index (χ3v) is 3.58. The standard InChI is InChI=1S/C10H5BrFNOS/c11-8-5-15-4-7(8)10(14)6-1-2-13-3-9(6)12/h1-5H. The first-order chi connectivity index (χ1) is 7.20. The van der Waals surface area contributed by atoms with Gasteiger partial charge >= 0.3 is 0 Å². The number of aromatic nitrogens is 1. The molecule has 0 bridgehead atoms. The number of halogens is 2. The Kier molecular flexibility index (Phi) is 2.93. The molecule has 0 aliphatic rings. The number of carbonyl (C=O) groups is 1. The summed E-state index contributed by atoms with van der Waals surface area (Å²) < 4.78 is 14.0. The van der Waals surface area contributed by atoms with Gasteiger partial charge in [0.15, 0.2) is 11.6 Å². The molecule has 0 saturated carbocycles. The fourth-order valence-corrected chi connectivity index (χ4v) is 2.60. The van der Waals surface area contributed by atoms with Gasteiger partial charge in [-0.3, -0.25) is 9.78 Å². The van der Waals surface area contributed by atoms with Crippen LogP contribution >= 0.6 is 27.3 Å². The summed E-state index contributed by atoms with van der Waals surface area (Å²) in [6, 6.07) is 1.38. The molecule has 2 nitrogen and oxygen atoms in total. The van der Waals surface area contributed by atoms with E-state index in [-0.39, 0.29) is 11.3 Å². The molecule has 0 atom stereocenters. The Morgan fingerprint density at radius 1 is 1.40 bits per heavy atom. The predicted molar refractivity (Wildman–Crippen MR) is 59.6 cm³/mol.